The SMILES string of the molecule is Cc1noc(C)c1C(=O)O[C@@H](C)C(=O)N1c2ccccc2NC(=O)C1(C)C. The lowest BCUT2D eigenvalue weighted by molar-refractivity contribution is -0.131. The lowest BCUT2D eigenvalue weighted by Crippen LogP contribution is -2.60. The minimum Gasteiger partial charge on any atom is -0.449 e. The van der Waals surface area contributed by atoms with Gasteiger partial charge in [0.05, 0.1) is 17.1 Å². The van der Waals surface area contributed by atoms with E-state index in [1.165, 1.54) is 11.8 Å². The molecule has 1 aromatic carbocycles. The number of hydrogen-bond acceptors (Lipinski definition) is 6. The first kappa shape index (κ1) is 18.6. The maximum absolute atomic E-state index is 13.1. The summed E-state index contributed by atoms with van der Waals surface area (Å²) >= 11 is 0. The highest BCUT2D eigenvalue weighted by molar-refractivity contribution is 6.15. The molecule has 27 heavy (non-hydrogen) atoms. The standard InChI is InChI=1S/C19H21N3O5/c1-10-15(11(2)27-21-10)17(24)26-12(3)16(23)22-14-9-7-6-8-13(14)20-18(25)19(22,4)5/h6-9,12H,1-5H3,(H,20,25)/t12-/m0/s1. The number of amides is 2. The van der Waals surface area contributed by atoms with Crippen molar-refractivity contribution in [2.75, 3.05) is 10.2 Å². The van der Waals surface area contributed by atoms with Gasteiger partial charge in [0.1, 0.15) is 16.9 Å². The van der Waals surface area contributed by atoms with Crippen LogP contribution in [0.3, 0.4) is 0 Å². The quantitative estimate of drug-likeness (QED) is 0.832. The Labute approximate surface area is 156 Å². The monoisotopic (exact) mass is 371 g/mol. The first-order chi connectivity index (χ1) is 12.6. The molecule has 1 atom stereocenters. The minimum atomic E-state index is -1.14. The van der Waals surface area contributed by atoms with E-state index < -0.39 is 23.5 Å². The van der Waals surface area contributed by atoms with E-state index in [-0.39, 0.29) is 11.5 Å². The summed E-state index contributed by atoms with van der Waals surface area (Å²) in [5.74, 6) is -1.19. The average molecular weight is 371 g/mol. The van der Waals surface area contributed by atoms with Crippen LogP contribution in [0.5, 0.6) is 0 Å². The molecule has 0 saturated carbocycles. The van der Waals surface area contributed by atoms with Crippen LogP contribution >= 0.6 is 0 Å². The van der Waals surface area contributed by atoms with Crippen LogP contribution in [0.15, 0.2) is 28.8 Å². The second-order valence-corrected chi connectivity index (χ2v) is 6.95. The highest BCUT2D eigenvalue weighted by Crippen LogP contribution is 2.37. The summed E-state index contributed by atoms with van der Waals surface area (Å²) in [6, 6.07) is 6.98. The van der Waals surface area contributed by atoms with E-state index in [4.69, 9.17) is 9.26 Å². The van der Waals surface area contributed by atoms with Crippen LogP contribution in [0.2, 0.25) is 0 Å². The van der Waals surface area contributed by atoms with Crippen molar-refractivity contribution in [1.82, 2.24) is 5.16 Å². The second-order valence-electron chi connectivity index (χ2n) is 6.95. The van der Waals surface area contributed by atoms with Gasteiger partial charge in [-0.15, -0.1) is 0 Å². The van der Waals surface area contributed by atoms with Crippen LogP contribution < -0.4 is 10.2 Å². The molecule has 0 radical (unpaired) electrons. The van der Waals surface area contributed by atoms with Crippen molar-refractivity contribution < 1.29 is 23.6 Å². The van der Waals surface area contributed by atoms with Crippen LogP contribution in [-0.2, 0) is 14.3 Å². The van der Waals surface area contributed by atoms with E-state index >= 15 is 0 Å². The third kappa shape index (κ3) is 3.07. The molecule has 1 N–H and O–H groups in total. The number of rotatable bonds is 3. The van der Waals surface area contributed by atoms with Crippen LogP contribution in [0, 0.1) is 13.8 Å². The Morgan fingerprint density at radius 3 is 2.56 bits per heavy atom. The smallest absolute Gasteiger partial charge is 0.344 e. The lowest BCUT2D eigenvalue weighted by atomic mass is 9.95. The van der Waals surface area contributed by atoms with Crippen LogP contribution in [-0.4, -0.2) is 34.6 Å². The number of esters is 1. The molecular formula is C19H21N3O5. The zero-order valence-corrected chi connectivity index (χ0v) is 15.8. The first-order valence-electron chi connectivity index (χ1n) is 8.53. The van der Waals surface area contributed by atoms with Crippen LogP contribution in [0.25, 0.3) is 0 Å². The van der Waals surface area contributed by atoms with Gasteiger partial charge in [-0.3, -0.25) is 14.5 Å². The van der Waals surface area contributed by atoms with Crippen molar-refractivity contribution in [3.63, 3.8) is 0 Å². The number of hydrogen-bond donors (Lipinski definition) is 1. The van der Waals surface area contributed by atoms with E-state index in [1.54, 1.807) is 52.0 Å². The largest absolute Gasteiger partial charge is 0.449 e. The van der Waals surface area contributed by atoms with Crippen molar-refractivity contribution in [2.45, 2.75) is 46.3 Å². The van der Waals surface area contributed by atoms with E-state index in [0.717, 1.165) is 0 Å². The maximum Gasteiger partial charge on any atom is 0.344 e. The molecule has 0 spiro atoms. The molecule has 1 aromatic heterocycles. The fraction of sp³-hybridized carbons (Fsp3) is 0.368. The summed E-state index contributed by atoms with van der Waals surface area (Å²) in [6.45, 7) is 7.97. The number of anilines is 2. The zero-order chi connectivity index (χ0) is 19.9. The second kappa shape index (κ2) is 6.53. The van der Waals surface area contributed by atoms with Crippen LogP contribution in [0.4, 0.5) is 11.4 Å². The number of aryl methyl sites for hydroxylation is 2. The molecule has 2 aromatic rings. The number of aromatic nitrogens is 1. The molecule has 2 heterocycles. The summed E-state index contributed by atoms with van der Waals surface area (Å²) in [5.41, 5.74) is 0.521. The average Bonchev–Trinajstić information content (AvgIpc) is 2.94. The summed E-state index contributed by atoms with van der Waals surface area (Å²) in [6.07, 6.45) is -1.11. The molecule has 3 rings (SSSR count). The Hall–Kier alpha value is -3.16. The number of carbonyl (C=O) groups excluding carboxylic acids is 3. The fourth-order valence-electron chi connectivity index (χ4n) is 3.07. The van der Waals surface area contributed by atoms with Crippen molar-refractivity contribution in [1.29, 1.82) is 0 Å². The normalized spacial score (nSPS) is 16.3. The highest BCUT2D eigenvalue weighted by atomic mass is 16.5. The molecule has 8 nitrogen and oxygen atoms in total. The van der Waals surface area contributed by atoms with Gasteiger partial charge in [-0.1, -0.05) is 17.3 Å². The summed E-state index contributed by atoms with van der Waals surface area (Å²) < 4.78 is 10.3. The summed E-state index contributed by atoms with van der Waals surface area (Å²) in [7, 11) is 0. The number of nitrogens with one attached hydrogen (secondary N) is 1. The molecule has 0 saturated heterocycles. The van der Waals surface area contributed by atoms with Gasteiger partial charge < -0.3 is 14.6 Å². The van der Waals surface area contributed by atoms with Gasteiger partial charge in [0.2, 0.25) is 5.91 Å². The number of fused-ring (bicyclic) bond motifs is 1. The third-order valence-corrected chi connectivity index (χ3v) is 4.60. The molecular weight excluding hydrogens is 350 g/mol. The number of carbonyl (C=O) groups is 3. The molecule has 0 unspecified atom stereocenters. The number of para-hydroxylation sites is 2. The third-order valence-electron chi connectivity index (χ3n) is 4.60. The molecule has 0 bridgehead atoms. The Morgan fingerprint density at radius 1 is 1.26 bits per heavy atom. The first-order valence-corrected chi connectivity index (χ1v) is 8.53. The molecule has 1 aliphatic heterocycles. The van der Waals surface area contributed by atoms with Gasteiger partial charge >= 0.3 is 5.97 Å². The van der Waals surface area contributed by atoms with Crippen molar-refractivity contribution in [2.24, 2.45) is 0 Å². The molecule has 2 amide bonds. The zero-order valence-electron chi connectivity index (χ0n) is 15.8. The number of ether oxygens (including phenoxy) is 1. The Kier molecular flexibility index (Phi) is 4.51. The molecule has 0 aliphatic carbocycles. The number of nitrogens with zero attached hydrogens (tertiary/aromatic N) is 2. The predicted molar refractivity (Wildman–Crippen MR) is 97.5 cm³/mol. The van der Waals surface area contributed by atoms with Crippen molar-refractivity contribution >= 4 is 29.2 Å². The highest BCUT2D eigenvalue weighted by Gasteiger charge is 2.45. The van der Waals surface area contributed by atoms with Crippen molar-refractivity contribution in [3.8, 4) is 0 Å². The van der Waals surface area contributed by atoms with Gasteiger partial charge in [0.25, 0.3) is 5.91 Å². The van der Waals surface area contributed by atoms with Gasteiger partial charge in [0.15, 0.2) is 6.10 Å². The summed E-state index contributed by atoms with van der Waals surface area (Å²) in [5, 5.41) is 6.51. The topological polar surface area (TPSA) is 102 Å². The van der Waals surface area contributed by atoms with Crippen molar-refractivity contribution in [3.05, 3.63) is 41.3 Å². The van der Waals surface area contributed by atoms with Gasteiger partial charge in [-0.25, -0.2) is 4.79 Å². The molecule has 8 heteroatoms. The fourth-order valence-corrected chi connectivity index (χ4v) is 3.07. The van der Waals surface area contributed by atoms with E-state index in [2.05, 4.69) is 10.5 Å². The molecule has 0 fully saturated rings. The van der Waals surface area contributed by atoms with Gasteiger partial charge in [-0.05, 0) is 46.8 Å². The Balaban J connectivity index is 1.90. The van der Waals surface area contributed by atoms with Gasteiger partial charge in [0, 0.05) is 0 Å². The van der Waals surface area contributed by atoms with Crippen LogP contribution in [0.1, 0.15) is 42.6 Å². The van der Waals surface area contributed by atoms with Gasteiger partial charge in [-0.2, -0.15) is 0 Å². The maximum atomic E-state index is 13.1. The predicted octanol–water partition coefficient (Wildman–Crippen LogP) is 2.60. The molecule has 142 valence electrons. The minimum absolute atomic E-state index is 0.200. The van der Waals surface area contributed by atoms with E-state index in [9.17, 15) is 14.4 Å². The van der Waals surface area contributed by atoms with E-state index in [1.807, 2.05) is 0 Å². The summed E-state index contributed by atoms with van der Waals surface area (Å²) in [4.78, 5) is 39.4. The Bertz CT molecular complexity index is 912. The Morgan fingerprint density at radius 2 is 1.93 bits per heavy atom. The lowest BCUT2D eigenvalue weighted by Gasteiger charge is -2.42. The number of benzene rings is 1. The molecule has 1 aliphatic rings. The van der Waals surface area contributed by atoms with E-state index in [0.29, 0.717) is 22.8 Å².